The van der Waals surface area contributed by atoms with E-state index in [0.717, 1.165) is 24.6 Å². The first kappa shape index (κ1) is 11.4. The zero-order valence-corrected chi connectivity index (χ0v) is 10.1. The highest BCUT2D eigenvalue weighted by molar-refractivity contribution is 5.97. The van der Waals surface area contributed by atoms with Gasteiger partial charge in [-0.05, 0) is 24.9 Å². The summed E-state index contributed by atoms with van der Waals surface area (Å²) in [4.78, 5) is 14.2. The van der Waals surface area contributed by atoms with Gasteiger partial charge < -0.3 is 4.57 Å². The molecule has 2 rings (SSSR count). The van der Waals surface area contributed by atoms with Crippen molar-refractivity contribution in [3.8, 4) is 0 Å². The van der Waals surface area contributed by atoms with Gasteiger partial charge in [-0.3, -0.25) is 9.69 Å². The smallest absolute Gasteiger partial charge is 0.178 e. The third-order valence-electron chi connectivity index (χ3n) is 3.47. The van der Waals surface area contributed by atoms with Crippen LogP contribution in [-0.4, -0.2) is 34.9 Å². The second-order valence-corrected chi connectivity index (χ2v) is 4.79. The van der Waals surface area contributed by atoms with E-state index in [2.05, 4.69) is 11.8 Å². The van der Waals surface area contributed by atoms with E-state index in [9.17, 15) is 4.79 Å². The van der Waals surface area contributed by atoms with E-state index in [-0.39, 0.29) is 5.78 Å². The Morgan fingerprint density at radius 1 is 1.56 bits per heavy atom. The molecule has 1 atom stereocenters. The molecule has 0 bridgehead atoms. The molecule has 1 aliphatic rings. The van der Waals surface area contributed by atoms with E-state index in [1.807, 2.05) is 30.1 Å². The maximum atomic E-state index is 12.0. The Bertz CT molecular complexity index is 370. The predicted octanol–water partition coefficient (Wildman–Crippen LogP) is 1.94. The Hall–Kier alpha value is -1.09. The van der Waals surface area contributed by atoms with Crippen LogP contribution in [0.4, 0.5) is 0 Å². The molecule has 3 heteroatoms. The fourth-order valence-electron chi connectivity index (χ4n) is 2.35. The minimum atomic E-state index is 0.248. The first-order valence-electron chi connectivity index (χ1n) is 6.06. The van der Waals surface area contributed by atoms with Crippen molar-refractivity contribution in [3.05, 3.63) is 24.0 Å². The molecular formula is C13H20N2O. The lowest BCUT2D eigenvalue weighted by atomic mass is 10.1. The molecule has 1 aromatic heterocycles. The van der Waals surface area contributed by atoms with E-state index in [1.165, 1.54) is 12.8 Å². The molecule has 0 radical (unpaired) electrons. The number of rotatable bonds is 4. The topological polar surface area (TPSA) is 25.2 Å². The normalized spacial score (nSPS) is 21.5. The summed E-state index contributed by atoms with van der Waals surface area (Å²) in [5.41, 5.74) is 0.836. The number of carbonyl (C=O) groups excluding carboxylic acids is 1. The third-order valence-corrected chi connectivity index (χ3v) is 3.47. The van der Waals surface area contributed by atoms with Crippen LogP contribution in [0.15, 0.2) is 18.5 Å². The Morgan fingerprint density at radius 3 is 2.94 bits per heavy atom. The second-order valence-electron chi connectivity index (χ2n) is 4.79. The van der Waals surface area contributed by atoms with Crippen LogP contribution in [0.1, 0.15) is 30.1 Å². The SMILES string of the molecule is CCC1CCN(CC(=O)c2ccn(C)c2)C1. The van der Waals surface area contributed by atoms with Crippen LogP contribution in [0.2, 0.25) is 0 Å². The zero-order valence-electron chi connectivity index (χ0n) is 10.1. The number of aromatic nitrogens is 1. The molecule has 1 unspecified atom stereocenters. The van der Waals surface area contributed by atoms with Crippen molar-refractivity contribution in [2.24, 2.45) is 13.0 Å². The van der Waals surface area contributed by atoms with Gasteiger partial charge >= 0.3 is 0 Å². The minimum Gasteiger partial charge on any atom is -0.357 e. The van der Waals surface area contributed by atoms with E-state index in [4.69, 9.17) is 0 Å². The molecule has 2 heterocycles. The molecule has 3 nitrogen and oxygen atoms in total. The van der Waals surface area contributed by atoms with Crippen molar-refractivity contribution in [1.82, 2.24) is 9.47 Å². The molecule has 1 aliphatic heterocycles. The van der Waals surface area contributed by atoms with Crippen LogP contribution in [-0.2, 0) is 7.05 Å². The highest BCUT2D eigenvalue weighted by Gasteiger charge is 2.23. The van der Waals surface area contributed by atoms with Gasteiger partial charge in [0.2, 0.25) is 0 Å². The van der Waals surface area contributed by atoms with Crippen molar-refractivity contribution in [1.29, 1.82) is 0 Å². The molecule has 0 spiro atoms. The van der Waals surface area contributed by atoms with Gasteiger partial charge in [0, 0.05) is 31.5 Å². The standard InChI is InChI=1S/C13H20N2O/c1-3-11-4-7-15(8-11)10-13(16)12-5-6-14(2)9-12/h5-6,9,11H,3-4,7-8,10H2,1-2H3. The molecule has 88 valence electrons. The number of carbonyl (C=O) groups is 1. The number of Topliss-reactive ketones (excluding diaryl/α,β-unsaturated/α-hetero) is 1. The van der Waals surface area contributed by atoms with Gasteiger partial charge in [-0.1, -0.05) is 13.3 Å². The molecule has 0 saturated carbocycles. The van der Waals surface area contributed by atoms with Crippen LogP contribution in [0.3, 0.4) is 0 Å². The van der Waals surface area contributed by atoms with Crippen molar-refractivity contribution in [2.45, 2.75) is 19.8 Å². The van der Waals surface area contributed by atoms with Crippen molar-refractivity contribution in [3.63, 3.8) is 0 Å². The van der Waals surface area contributed by atoms with E-state index in [1.54, 1.807) is 0 Å². The van der Waals surface area contributed by atoms with Gasteiger partial charge in [0.1, 0.15) is 0 Å². The van der Waals surface area contributed by atoms with Crippen molar-refractivity contribution >= 4 is 5.78 Å². The first-order chi connectivity index (χ1) is 7.69. The van der Waals surface area contributed by atoms with E-state index >= 15 is 0 Å². The summed E-state index contributed by atoms with van der Waals surface area (Å²) in [6.07, 6.45) is 6.30. The summed E-state index contributed by atoms with van der Waals surface area (Å²) in [6, 6.07) is 1.90. The lowest BCUT2D eigenvalue weighted by Crippen LogP contribution is -2.27. The number of likely N-dealkylation sites (tertiary alicyclic amines) is 1. The molecule has 16 heavy (non-hydrogen) atoms. The summed E-state index contributed by atoms with van der Waals surface area (Å²) in [6.45, 7) is 4.99. The van der Waals surface area contributed by atoms with Crippen LogP contribution in [0.25, 0.3) is 0 Å². The molecule has 0 aliphatic carbocycles. The van der Waals surface area contributed by atoms with Crippen LogP contribution in [0.5, 0.6) is 0 Å². The molecule has 0 N–H and O–H groups in total. The fourth-order valence-corrected chi connectivity index (χ4v) is 2.35. The molecular weight excluding hydrogens is 200 g/mol. The molecule has 1 saturated heterocycles. The minimum absolute atomic E-state index is 0.248. The van der Waals surface area contributed by atoms with Crippen LogP contribution in [0, 0.1) is 5.92 Å². The van der Waals surface area contributed by atoms with Crippen LogP contribution >= 0.6 is 0 Å². The number of nitrogens with zero attached hydrogens (tertiary/aromatic N) is 2. The Kier molecular flexibility index (Phi) is 3.44. The maximum Gasteiger partial charge on any atom is 0.178 e. The highest BCUT2D eigenvalue weighted by Crippen LogP contribution is 2.19. The van der Waals surface area contributed by atoms with E-state index < -0.39 is 0 Å². The van der Waals surface area contributed by atoms with Crippen molar-refractivity contribution < 1.29 is 4.79 Å². The maximum absolute atomic E-state index is 12.0. The number of ketones is 1. The second kappa shape index (κ2) is 4.83. The van der Waals surface area contributed by atoms with Gasteiger partial charge in [0.05, 0.1) is 6.54 Å². The average Bonchev–Trinajstić information content (AvgIpc) is 2.87. The molecule has 0 aromatic carbocycles. The van der Waals surface area contributed by atoms with Gasteiger partial charge in [-0.15, -0.1) is 0 Å². The number of hydrogen-bond acceptors (Lipinski definition) is 2. The van der Waals surface area contributed by atoms with Gasteiger partial charge in [-0.2, -0.15) is 0 Å². The quantitative estimate of drug-likeness (QED) is 0.725. The van der Waals surface area contributed by atoms with Gasteiger partial charge in [-0.25, -0.2) is 0 Å². The van der Waals surface area contributed by atoms with Gasteiger partial charge in [0.15, 0.2) is 5.78 Å². The first-order valence-corrected chi connectivity index (χ1v) is 6.06. The largest absolute Gasteiger partial charge is 0.357 e. The Morgan fingerprint density at radius 2 is 2.38 bits per heavy atom. The highest BCUT2D eigenvalue weighted by atomic mass is 16.1. The lowest BCUT2D eigenvalue weighted by molar-refractivity contribution is 0.0943. The summed E-state index contributed by atoms with van der Waals surface area (Å²) in [7, 11) is 1.94. The summed E-state index contributed by atoms with van der Waals surface area (Å²) in [5, 5.41) is 0. The molecule has 1 aromatic rings. The predicted molar refractivity (Wildman–Crippen MR) is 64.6 cm³/mol. The number of aryl methyl sites for hydroxylation is 1. The monoisotopic (exact) mass is 220 g/mol. The summed E-state index contributed by atoms with van der Waals surface area (Å²) < 4.78 is 1.92. The van der Waals surface area contributed by atoms with Crippen LogP contribution < -0.4 is 0 Å². The molecule has 1 fully saturated rings. The van der Waals surface area contributed by atoms with Crippen molar-refractivity contribution in [2.75, 3.05) is 19.6 Å². The molecule has 0 amide bonds. The summed E-state index contributed by atoms with van der Waals surface area (Å²) >= 11 is 0. The zero-order chi connectivity index (χ0) is 11.5. The third kappa shape index (κ3) is 2.53. The van der Waals surface area contributed by atoms with Gasteiger partial charge in [0.25, 0.3) is 0 Å². The Balaban J connectivity index is 1.89. The van der Waals surface area contributed by atoms with E-state index in [0.29, 0.717) is 6.54 Å². The number of hydrogen-bond donors (Lipinski definition) is 0. The average molecular weight is 220 g/mol. The lowest BCUT2D eigenvalue weighted by Gasteiger charge is -2.13. The fraction of sp³-hybridized carbons (Fsp3) is 0.615. The Labute approximate surface area is 97.1 Å². The summed E-state index contributed by atoms with van der Waals surface area (Å²) in [5.74, 6) is 1.04.